The average Bonchev–Trinajstić information content (AvgIpc) is 3.53. The Morgan fingerprint density at radius 2 is 0.873 bits per heavy atom. The lowest BCUT2D eigenvalue weighted by atomic mass is 9.71. The second kappa shape index (κ2) is 17.9. The third-order valence-electron chi connectivity index (χ3n) is 13.1. The Labute approximate surface area is 364 Å². The van der Waals surface area contributed by atoms with Gasteiger partial charge in [0, 0.05) is 17.7 Å². The molecule has 0 spiro atoms. The lowest BCUT2D eigenvalue weighted by Gasteiger charge is -2.32. The minimum Gasteiger partial charge on any atom is -0.496 e. The highest BCUT2D eigenvalue weighted by Crippen LogP contribution is 2.54. The number of aryl methyl sites for hydroxylation is 2. The molecule has 0 saturated heterocycles. The number of imide groups is 1. The van der Waals surface area contributed by atoms with Crippen molar-refractivity contribution in [2.45, 2.75) is 109 Å². The Morgan fingerprint density at radius 1 is 0.492 bits per heavy atom. The van der Waals surface area contributed by atoms with E-state index in [2.05, 4.69) is 6.92 Å². The van der Waals surface area contributed by atoms with E-state index in [1.807, 2.05) is 24.3 Å². The highest BCUT2D eigenvalue weighted by Gasteiger charge is 2.44. The number of hydrogen-bond acceptors (Lipinski definition) is 4. The van der Waals surface area contributed by atoms with Gasteiger partial charge >= 0.3 is 12.4 Å². The first-order valence-electron chi connectivity index (χ1n) is 22.1. The summed E-state index contributed by atoms with van der Waals surface area (Å²) in [5, 5.41) is 0. The number of fused-ring (bicyclic) bond motifs is 10. The van der Waals surface area contributed by atoms with Crippen LogP contribution in [-0.4, -0.2) is 37.5 Å². The molecule has 0 atom stereocenters. The number of unbranched alkanes of at least 4 members (excludes halogenated alkanes) is 9. The van der Waals surface area contributed by atoms with Crippen LogP contribution in [0.1, 0.15) is 125 Å². The first-order chi connectivity index (χ1) is 30.2. The van der Waals surface area contributed by atoms with Gasteiger partial charge < -0.3 is 9.47 Å². The van der Waals surface area contributed by atoms with E-state index in [4.69, 9.17) is 9.47 Å². The summed E-state index contributed by atoms with van der Waals surface area (Å²) < 4.78 is 92.8. The summed E-state index contributed by atoms with van der Waals surface area (Å²) in [5.41, 5.74) is 8.30. The van der Waals surface area contributed by atoms with Gasteiger partial charge in [-0.15, -0.1) is 0 Å². The van der Waals surface area contributed by atoms with Gasteiger partial charge in [0.15, 0.2) is 0 Å². The molecule has 5 aromatic carbocycles. The number of carbonyl (C=O) groups is 2. The molecular weight excluding hydrogens is 817 g/mol. The van der Waals surface area contributed by atoms with Gasteiger partial charge in [-0.05, 0) is 136 Å². The minimum atomic E-state index is -4.49. The van der Waals surface area contributed by atoms with Gasteiger partial charge in [-0.2, -0.15) is 26.3 Å². The van der Waals surface area contributed by atoms with Crippen molar-refractivity contribution in [3.8, 4) is 56.0 Å². The lowest BCUT2D eigenvalue weighted by Crippen LogP contribution is -2.31. The van der Waals surface area contributed by atoms with Gasteiger partial charge in [-0.25, -0.2) is 0 Å². The number of carbonyl (C=O) groups excluding carboxylic acids is 2. The topological polar surface area (TPSA) is 55.8 Å². The highest BCUT2D eigenvalue weighted by molar-refractivity contribution is 6.25. The van der Waals surface area contributed by atoms with E-state index in [-0.39, 0.29) is 11.8 Å². The number of methoxy groups -OCH3 is 2. The van der Waals surface area contributed by atoms with Crippen molar-refractivity contribution in [1.82, 2.24) is 4.90 Å². The van der Waals surface area contributed by atoms with Crippen LogP contribution in [0.2, 0.25) is 0 Å². The predicted molar refractivity (Wildman–Crippen MR) is 233 cm³/mol. The van der Waals surface area contributed by atoms with Crippen LogP contribution in [0.25, 0.3) is 44.5 Å². The molecule has 2 amide bonds. The number of rotatable bonds is 15. The molecule has 5 nitrogen and oxygen atoms in total. The smallest absolute Gasteiger partial charge is 0.416 e. The molecular formula is C52H51F6NO4. The SMILES string of the molecule is CCCCCCCCCCCCN1C(=O)c2c3c(c4c(c2C1=O)CCc1cc(-c2ccc(C(F)(F)F)cc2)c(OC)cc1-4)-c1cc(OC)c(-c2ccc(C(F)(F)F)cc2)cc1CC3. The highest BCUT2D eigenvalue weighted by atomic mass is 19.4. The summed E-state index contributed by atoms with van der Waals surface area (Å²) in [4.78, 5) is 30.6. The molecule has 0 fully saturated rings. The second-order valence-electron chi connectivity index (χ2n) is 17.0. The Bertz CT molecular complexity index is 2380. The fraction of sp³-hybridized carbons (Fsp3) is 0.385. The van der Waals surface area contributed by atoms with Gasteiger partial charge in [-0.3, -0.25) is 14.5 Å². The Hall–Kier alpha value is -5.58. The third kappa shape index (κ3) is 8.47. The maximum atomic E-state index is 14.6. The molecule has 330 valence electrons. The molecule has 0 saturated carbocycles. The van der Waals surface area contributed by atoms with Gasteiger partial charge in [-0.1, -0.05) is 89.0 Å². The van der Waals surface area contributed by atoms with Gasteiger partial charge in [0.2, 0.25) is 0 Å². The summed E-state index contributed by atoms with van der Waals surface area (Å²) in [6.07, 6.45) is 4.17. The van der Waals surface area contributed by atoms with Crippen molar-refractivity contribution >= 4 is 11.8 Å². The molecule has 0 aromatic heterocycles. The molecule has 0 bridgehead atoms. The molecule has 63 heavy (non-hydrogen) atoms. The van der Waals surface area contributed by atoms with Crippen LogP contribution in [-0.2, 0) is 38.0 Å². The zero-order chi connectivity index (χ0) is 44.6. The van der Waals surface area contributed by atoms with E-state index in [1.54, 1.807) is 0 Å². The molecule has 2 aliphatic carbocycles. The van der Waals surface area contributed by atoms with E-state index in [1.165, 1.54) is 81.9 Å². The summed E-state index contributed by atoms with van der Waals surface area (Å²) >= 11 is 0. The first kappa shape index (κ1) is 44.0. The van der Waals surface area contributed by atoms with E-state index < -0.39 is 23.5 Å². The fourth-order valence-electron chi connectivity index (χ4n) is 9.86. The molecule has 0 N–H and O–H groups in total. The summed E-state index contributed by atoms with van der Waals surface area (Å²) in [6, 6.07) is 17.6. The molecule has 5 aromatic rings. The summed E-state index contributed by atoms with van der Waals surface area (Å²) in [6.45, 7) is 2.54. The van der Waals surface area contributed by atoms with Gasteiger partial charge in [0.25, 0.3) is 11.8 Å². The van der Waals surface area contributed by atoms with Crippen LogP contribution in [0.5, 0.6) is 11.5 Å². The van der Waals surface area contributed by atoms with Crippen LogP contribution in [0.3, 0.4) is 0 Å². The van der Waals surface area contributed by atoms with E-state index in [0.717, 1.165) is 88.0 Å². The molecule has 3 aliphatic rings. The maximum absolute atomic E-state index is 14.6. The molecule has 1 aliphatic heterocycles. The summed E-state index contributed by atoms with van der Waals surface area (Å²) in [7, 11) is 3.02. The first-order valence-corrected chi connectivity index (χ1v) is 22.1. The Balaban J connectivity index is 1.22. The maximum Gasteiger partial charge on any atom is 0.416 e. The number of nitrogens with zero attached hydrogens (tertiary/aromatic N) is 1. The molecule has 0 radical (unpaired) electrons. The van der Waals surface area contributed by atoms with E-state index in [0.29, 0.717) is 83.5 Å². The number of hydrogen-bond donors (Lipinski definition) is 0. The second-order valence-corrected chi connectivity index (χ2v) is 17.0. The van der Waals surface area contributed by atoms with Crippen molar-refractivity contribution in [1.29, 1.82) is 0 Å². The largest absolute Gasteiger partial charge is 0.496 e. The minimum absolute atomic E-state index is 0.289. The Kier molecular flexibility index (Phi) is 12.5. The zero-order valence-electron chi connectivity index (χ0n) is 35.9. The number of halogens is 6. The predicted octanol–water partition coefficient (Wildman–Crippen LogP) is 14.1. The van der Waals surface area contributed by atoms with E-state index in [9.17, 15) is 35.9 Å². The zero-order valence-corrected chi connectivity index (χ0v) is 35.9. The number of amides is 2. The normalized spacial score (nSPS) is 14.3. The standard InChI is InChI=1S/C52H51F6NO4/c1-4-5-6-7-8-9-10-11-12-13-26-59-49(60)47-37-24-18-33-27-39(31-14-20-35(21-15-31)51(53,54)55)43(62-2)29-41(33)45(37)46-38(48(47)50(59)61)25-19-34-28-40(44(63-3)30-42(34)46)32-16-22-36(23-17-32)52(56,57)58/h14-17,20-23,27-30H,4-13,18-19,24-26H2,1-3H3. The van der Waals surface area contributed by atoms with E-state index >= 15 is 0 Å². The van der Waals surface area contributed by atoms with Crippen LogP contribution < -0.4 is 9.47 Å². The van der Waals surface area contributed by atoms with Crippen molar-refractivity contribution < 1.29 is 45.4 Å². The monoisotopic (exact) mass is 867 g/mol. The van der Waals surface area contributed by atoms with Crippen LogP contribution >= 0.6 is 0 Å². The quantitative estimate of drug-likeness (QED) is 0.0597. The third-order valence-corrected chi connectivity index (χ3v) is 13.1. The van der Waals surface area contributed by atoms with Crippen molar-refractivity contribution in [2.24, 2.45) is 0 Å². The molecule has 8 rings (SSSR count). The van der Waals surface area contributed by atoms with Crippen LogP contribution in [0.4, 0.5) is 26.3 Å². The Morgan fingerprint density at radius 3 is 1.24 bits per heavy atom. The van der Waals surface area contributed by atoms with Crippen molar-refractivity contribution in [3.05, 3.63) is 117 Å². The lowest BCUT2D eigenvalue weighted by molar-refractivity contribution is -0.138. The average molecular weight is 868 g/mol. The molecule has 1 heterocycles. The van der Waals surface area contributed by atoms with Crippen LogP contribution in [0.15, 0.2) is 72.8 Å². The number of benzene rings is 5. The molecule has 0 unspecified atom stereocenters. The van der Waals surface area contributed by atoms with Gasteiger partial charge in [0.05, 0.1) is 36.5 Å². The number of ether oxygens (including phenoxy) is 2. The number of alkyl halides is 6. The molecule has 11 heteroatoms. The van der Waals surface area contributed by atoms with Crippen molar-refractivity contribution in [3.63, 3.8) is 0 Å². The summed E-state index contributed by atoms with van der Waals surface area (Å²) in [5.74, 6) is 0.296. The van der Waals surface area contributed by atoms with Gasteiger partial charge in [0.1, 0.15) is 11.5 Å². The fourth-order valence-corrected chi connectivity index (χ4v) is 9.86. The van der Waals surface area contributed by atoms with Crippen molar-refractivity contribution in [2.75, 3.05) is 20.8 Å². The van der Waals surface area contributed by atoms with Crippen LogP contribution in [0, 0.1) is 0 Å².